The number of sulfonamides is 1. The molecule has 0 aliphatic heterocycles. The van der Waals surface area contributed by atoms with Gasteiger partial charge in [-0.05, 0) is 48.0 Å². The van der Waals surface area contributed by atoms with Crippen molar-refractivity contribution in [3.05, 3.63) is 27.1 Å². The summed E-state index contributed by atoms with van der Waals surface area (Å²) >= 11 is 6.41. The van der Waals surface area contributed by atoms with Gasteiger partial charge in [0, 0.05) is 21.7 Å². The van der Waals surface area contributed by atoms with Gasteiger partial charge in [-0.1, -0.05) is 15.9 Å². The number of benzene rings is 1. The summed E-state index contributed by atoms with van der Waals surface area (Å²) in [6.45, 7) is 2.75. The number of sulfone groups is 1. The Morgan fingerprint density at radius 3 is 2.15 bits per heavy atom. The van der Waals surface area contributed by atoms with E-state index in [1.54, 1.807) is 12.1 Å². The topological polar surface area (TPSA) is 80.3 Å². The highest BCUT2D eigenvalue weighted by Crippen LogP contribution is 2.26. The smallest absolute Gasteiger partial charge is 0.229 e. The third kappa shape index (κ3) is 4.27. The molecule has 0 aliphatic carbocycles. The Morgan fingerprint density at radius 1 is 1.15 bits per heavy atom. The van der Waals surface area contributed by atoms with Gasteiger partial charge in [-0.15, -0.1) is 0 Å². The second-order valence-electron chi connectivity index (χ2n) is 4.93. The molecule has 0 bridgehead atoms. The monoisotopic (exact) mass is 447 g/mol. The van der Waals surface area contributed by atoms with E-state index in [1.807, 2.05) is 0 Å². The fourth-order valence-corrected chi connectivity index (χ4v) is 4.55. The van der Waals surface area contributed by atoms with Crippen LogP contribution < -0.4 is 4.72 Å². The largest absolute Gasteiger partial charge is 0.241 e. The first-order valence-electron chi connectivity index (χ1n) is 5.51. The first-order valence-corrected chi connectivity index (χ1v) is 10.5. The molecule has 5 nitrogen and oxygen atoms in total. The van der Waals surface area contributed by atoms with Crippen molar-refractivity contribution in [2.24, 2.45) is 0 Å². The maximum Gasteiger partial charge on any atom is 0.241 e. The predicted molar refractivity (Wildman–Crippen MR) is 86.0 cm³/mol. The van der Waals surface area contributed by atoms with Crippen LogP contribution in [0, 0.1) is 0 Å². The number of hydrogen-bond donors (Lipinski definition) is 1. The van der Waals surface area contributed by atoms with Crippen LogP contribution in [-0.4, -0.2) is 34.4 Å². The molecule has 114 valence electrons. The Bertz CT molecular complexity index is 712. The van der Waals surface area contributed by atoms with Crippen LogP contribution in [0.4, 0.5) is 0 Å². The number of hydrogen-bond acceptors (Lipinski definition) is 4. The Kier molecular flexibility index (Phi) is 5.46. The summed E-state index contributed by atoms with van der Waals surface area (Å²) in [4.78, 5) is 0.0602. The van der Waals surface area contributed by atoms with Crippen molar-refractivity contribution in [3.8, 4) is 0 Å². The minimum absolute atomic E-state index is 0.0602. The molecule has 0 fully saturated rings. The molecule has 0 atom stereocenters. The average Bonchev–Trinajstić information content (AvgIpc) is 2.24. The summed E-state index contributed by atoms with van der Waals surface area (Å²) in [5.74, 6) is 0. The van der Waals surface area contributed by atoms with Crippen molar-refractivity contribution in [1.29, 1.82) is 0 Å². The second-order valence-corrected chi connectivity index (χ2v) is 11.1. The maximum atomic E-state index is 12.2. The number of nitrogens with one attached hydrogen (secondary N) is 1. The van der Waals surface area contributed by atoms with E-state index in [4.69, 9.17) is 0 Å². The molecule has 9 heteroatoms. The summed E-state index contributed by atoms with van der Waals surface area (Å²) < 4.78 is 49.8. The Balaban J connectivity index is 3.03. The Hall–Kier alpha value is 0.0400. The highest BCUT2D eigenvalue weighted by Gasteiger charge is 2.32. The Morgan fingerprint density at radius 2 is 1.70 bits per heavy atom. The van der Waals surface area contributed by atoms with Crippen LogP contribution in [-0.2, 0) is 19.9 Å². The van der Waals surface area contributed by atoms with Crippen LogP contribution >= 0.6 is 31.9 Å². The zero-order valence-corrected chi connectivity index (χ0v) is 15.9. The van der Waals surface area contributed by atoms with E-state index in [0.29, 0.717) is 4.47 Å². The SMILES string of the molecule is CC(C)(CNS(=O)(=O)c1ccc(Br)cc1Br)S(C)(=O)=O. The molecule has 0 amide bonds. The Labute approximate surface area is 136 Å². The molecular formula is C11H15Br2NO4S2. The van der Waals surface area contributed by atoms with E-state index < -0.39 is 24.6 Å². The van der Waals surface area contributed by atoms with E-state index >= 15 is 0 Å². The van der Waals surface area contributed by atoms with Crippen LogP contribution in [0.5, 0.6) is 0 Å². The van der Waals surface area contributed by atoms with Crippen LogP contribution in [0.25, 0.3) is 0 Å². The summed E-state index contributed by atoms with van der Waals surface area (Å²) in [6.07, 6.45) is 1.08. The van der Waals surface area contributed by atoms with Crippen molar-refractivity contribution in [2.45, 2.75) is 23.5 Å². The van der Waals surface area contributed by atoms with E-state index in [9.17, 15) is 16.8 Å². The van der Waals surface area contributed by atoms with Gasteiger partial charge in [0.05, 0.1) is 9.64 Å². The number of halogens is 2. The first kappa shape index (κ1) is 18.1. The van der Waals surface area contributed by atoms with Crippen molar-refractivity contribution in [3.63, 3.8) is 0 Å². The van der Waals surface area contributed by atoms with Gasteiger partial charge in [-0.25, -0.2) is 21.6 Å². The van der Waals surface area contributed by atoms with Crippen LogP contribution in [0.1, 0.15) is 13.8 Å². The van der Waals surface area contributed by atoms with Crippen molar-refractivity contribution >= 4 is 51.7 Å². The van der Waals surface area contributed by atoms with E-state index in [-0.39, 0.29) is 11.4 Å². The fraction of sp³-hybridized carbons (Fsp3) is 0.455. The molecule has 0 saturated heterocycles. The quantitative estimate of drug-likeness (QED) is 0.749. The molecule has 20 heavy (non-hydrogen) atoms. The van der Waals surface area contributed by atoms with E-state index in [2.05, 4.69) is 36.6 Å². The van der Waals surface area contributed by atoms with Gasteiger partial charge in [0.15, 0.2) is 9.84 Å². The summed E-state index contributed by atoms with van der Waals surface area (Å²) in [5.41, 5.74) is 0. The van der Waals surface area contributed by atoms with E-state index in [0.717, 1.165) is 10.7 Å². The lowest BCUT2D eigenvalue weighted by Crippen LogP contribution is -2.43. The maximum absolute atomic E-state index is 12.2. The lowest BCUT2D eigenvalue weighted by atomic mass is 10.2. The van der Waals surface area contributed by atoms with Crippen molar-refractivity contribution < 1.29 is 16.8 Å². The second kappa shape index (κ2) is 6.04. The third-order valence-corrected chi connectivity index (χ3v) is 7.90. The van der Waals surface area contributed by atoms with Crippen LogP contribution in [0.15, 0.2) is 32.0 Å². The molecule has 0 aromatic heterocycles. The lowest BCUT2D eigenvalue weighted by molar-refractivity contribution is 0.537. The lowest BCUT2D eigenvalue weighted by Gasteiger charge is -2.22. The van der Waals surface area contributed by atoms with Crippen molar-refractivity contribution in [1.82, 2.24) is 4.72 Å². The van der Waals surface area contributed by atoms with Gasteiger partial charge >= 0.3 is 0 Å². The van der Waals surface area contributed by atoms with Gasteiger partial charge in [0.1, 0.15) is 0 Å². The van der Waals surface area contributed by atoms with Gasteiger partial charge < -0.3 is 0 Å². The highest BCUT2D eigenvalue weighted by molar-refractivity contribution is 9.11. The summed E-state index contributed by atoms with van der Waals surface area (Å²) in [5, 5.41) is 0. The fourth-order valence-electron chi connectivity index (χ4n) is 1.17. The molecule has 0 spiro atoms. The zero-order valence-electron chi connectivity index (χ0n) is 11.1. The molecular weight excluding hydrogens is 434 g/mol. The molecule has 0 unspecified atom stereocenters. The van der Waals surface area contributed by atoms with Crippen LogP contribution in [0.3, 0.4) is 0 Å². The predicted octanol–water partition coefficient (Wildman–Crippen LogP) is 2.31. The molecule has 0 heterocycles. The molecule has 1 aromatic rings. The van der Waals surface area contributed by atoms with E-state index in [1.165, 1.54) is 19.9 Å². The molecule has 1 rings (SSSR count). The third-order valence-electron chi connectivity index (χ3n) is 2.88. The highest BCUT2D eigenvalue weighted by atomic mass is 79.9. The summed E-state index contributed by atoms with van der Waals surface area (Å²) in [6, 6.07) is 4.64. The van der Waals surface area contributed by atoms with Gasteiger partial charge in [-0.2, -0.15) is 0 Å². The first-order chi connectivity index (χ1) is 8.87. The van der Waals surface area contributed by atoms with Gasteiger partial charge in [0.25, 0.3) is 0 Å². The zero-order chi connectivity index (χ0) is 15.8. The normalized spacial score (nSPS) is 13.4. The number of rotatable bonds is 5. The molecule has 0 saturated carbocycles. The molecule has 0 aliphatic rings. The standard InChI is InChI=1S/C11H15Br2NO4S2/c1-11(2,19(3,15)16)7-14-20(17,18)10-5-4-8(12)6-9(10)13/h4-6,14H,7H2,1-3H3. The average molecular weight is 449 g/mol. The minimum atomic E-state index is -3.78. The molecule has 1 N–H and O–H groups in total. The van der Waals surface area contributed by atoms with Crippen molar-refractivity contribution in [2.75, 3.05) is 12.8 Å². The molecule has 0 radical (unpaired) electrons. The minimum Gasteiger partial charge on any atom is -0.229 e. The van der Waals surface area contributed by atoms with Gasteiger partial charge in [0.2, 0.25) is 10.0 Å². The summed E-state index contributed by atoms with van der Waals surface area (Å²) in [7, 11) is -7.15. The van der Waals surface area contributed by atoms with Crippen LogP contribution in [0.2, 0.25) is 0 Å². The molecule has 1 aromatic carbocycles. The van der Waals surface area contributed by atoms with Gasteiger partial charge in [-0.3, -0.25) is 0 Å².